The molecule has 0 saturated heterocycles. The first-order valence-corrected chi connectivity index (χ1v) is 5.40. The number of aldehydes is 1. The van der Waals surface area contributed by atoms with Crippen molar-refractivity contribution in [3.63, 3.8) is 0 Å². The SMILES string of the molecule is O=Cc1cc(F)ccc1-c1ccc(Cl)s1. The fourth-order valence-corrected chi connectivity index (χ4v) is 2.40. The summed E-state index contributed by atoms with van der Waals surface area (Å²) < 4.78 is 13.5. The summed E-state index contributed by atoms with van der Waals surface area (Å²) in [7, 11) is 0. The van der Waals surface area contributed by atoms with Gasteiger partial charge in [-0.15, -0.1) is 11.3 Å². The molecule has 1 nitrogen and oxygen atoms in total. The Bertz CT molecular complexity index is 507. The third-order valence-electron chi connectivity index (χ3n) is 1.98. The average molecular weight is 241 g/mol. The molecule has 0 aliphatic rings. The Balaban J connectivity index is 2.57. The summed E-state index contributed by atoms with van der Waals surface area (Å²) in [5.41, 5.74) is 1.05. The molecular weight excluding hydrogens is 235 g/mol. The van der Waals surface area contributed by atoms with Gasteiger partial charge in [0.15, 0.2) is 6.29 Å². The summed E-state index contributed by atoms with van der Waals surface area (Å²) in [5.74, 6) is -0.413. The second kappa shape index (κ2) is 4.13. The lowest BCUT2D eigenvalue weighted by Gasteiger charge is -2.01. The molecule has 0 N–H and O–H groups in total. The summed E-state index contributed by atoms with van der Waals surface area (Å²) in [5, 5.41) is 0. The molecule has 0 aliphatic carbocycles. The molecule has 0 bridgehead atoms. The Hall–Kier alpha value is -1.19. The topological polar surface area (TPSA) is 17.1 Å². The van der Waals surface area contributed by atoms with Gasteiger partial charge in [-0.2, -0.15) is 0 Å². The van der Waals surface area contributed by atoms with Crippen LogP contribution in [-0.2, 0) is 0 Å². The van der Waals surface area contributed by atoms with Gasteiger partial charge in [0, 0.05) is 16.0 Å². The maximum Gasteiger partial charge on any atom is 0.150 e. The van der Waals surface area contributed by atoms with Crippen LogP contribution in [0.25, 0.3) is 10.4 Å². The van der Waals surface area contributed by atoms with E-state index in [2.05, 4.69) is 0 Å². The van der Waals surface area contributed by atoms with Gasteiger partial charge in [-0.1, -0.05) is 11.6 Å². The van der Waals surface area contributed by atoms with Crippen LogP contribution in [0.2, 0.25) is 4.34 Å². The predicted octanol–water partition coefficient (Wildman–Crippen LogP) is 4.02. The molecule has 15 heavy (non-hydrogen) atoms. The van der Waals surface area contributed by atoms with E-state index in [-0.39, 0.29) is 0 Å². The first-order valence-electron chi connectivity index (χ1n) is 4.21. The van der Waals surface area contributed by atoms with Gasteiger partial charge in [0.2, 0.25) is 0 Å². The Kier molecular flexibility index (Phi) is 2.84. The van der Waals surface area contributed by atoms with Crippen LogP contribution in [-0.4, -0.2) is 6.29 Å². The highest BCUT2D eigenvalue weighted by atomic mass is 35.5. The summed E-state index contributed by atoms with van der Waals surface area (Å²) in [4.78, 5) is 11.6. The highest BCUT2D eigenvalue weighted by molar-refractivity contribution is 7.19. The van der Waals surface area contributed by atoms with E-state index in [9.17, 15) is 9.18 Å². The Morgan fingerprint density at radius 1 is 1.27 bits per heavy atom. The third kappa shape index (κ3) is 2.08. The van der Waals surface area contributed by atoms with Crippen LogP contribution < -0.4 is 0 Å². The molecule has 4 heteroatoms. The first kappa shape index (κ1) is 10.3. The zero-order valence-corrected chi connectivity index (χ0v) is 9.11. The van der Waals surface area contributed by atoms with E-state index in [1.165, 1.54) is 23.5 Å². The minimum Gasteiger partial charge on any atom is -0.298 e. The minimum absolute atomic E-state index is 0.341. The maximum atomic E-state index is 12.9. The lowest BCUT2D eigenvalue weighted by atomic mass is 10.1. The molecule has 1 aromatic carbocycles. The van der Waals surface area contributed by atoms with Crippen molar-refractivity contribution in [3.05, 3.63) is 46.0 Å². The number of hydrogen-bond acceptors (Lipinski definition) is 2. The molecular formula is C11H6ClFOS. The van der Waals surface area contributed by atoms with Crippen molar-refractivity contribution in [2.45, 2.75) is 0 Å². The van der Waals surface area contributed by atoms with Gasteiger partial charge >= 0.3 is 0 Å². The van der Waals surface area contributed by atoms with E-state index in [1.54, 1.807) is 12.1 Å². The number of thiophene rings is 1. The smallest absolute Gasteiger partial charge is 0.150 e. The zero-order chi connectivity index (χ0) is 10.8. The largest absolute Gasteiger partial charge is 0.298 e. The zero-order valence-electron chi connectivity index (χ0n) is 7.54. The van der Waals surface area contributed by atoms with E-state index in [4.69, 9.17) is 11.6 Å². The molecule has 2 rings (SSSR count). The van der Waals surface area contributed by atoms with Crippen LogP contribution in [0.3, 0.4) is 0 Å². The third-order valence-corrected chi connectivity index (χ3v) is 3.24. The van der Waals surface area contributed by atoms with Crippen molar-refractivity contribution in [1.29, 1.82) is 0 Å². The van der Waals surface area contributed by atoms with Crippen molar-refractivity contribution in [3.8, 4) is 10.4 Å². The van der Waals surface area contributed by atoms with Crippen molar-refractivity contribution in [2.75, 3.05) is 0 Å². The second-order valence-corrected chi connectivity index (χ2v) is 4.67. The van der Waals surface area contributed by atoms with Gasteiger partial charge in [0.05, 0.1) is 4.34 Å². The summed E-state index contributed by atoms with van der Waals surface area (Å²) in [6.07, 6.45) is 0.645. The van der Waals surface area contributed by atoms with Crippen LogP contribution >= 0.6 is 22.9 Å². The minimum atomic E-state index is -0.413. The van der Waals surface area contributed by atoms with Crippen LogP contribution in [0, 0.1) is 5.82 Å². The molecule has 0 radical (unpaired) electrons. The van der Waals surface area contributed by atoms with Crippen molar-refractivity contribution in [1.82, 2.24) is 0 Å². The molecule has 0 atom stereocenters. The molecule has 0 unspecified atom stereocenters. The van der Waals surface area contributed by atoms with Crippen molar-refractivity contribution >= 4 is 29.2 Å². The van der Waals surface area contributed by atoms with Gasteiger partial charge in [0.1, 0.15) is 5.82 Å². The van der Waals surface area contributed by atoms with Gasteiger partial charge in [-0.25, -0.2) is 4.39 Å². The maximum absolute atomic E-state index is 12.9. The first-order chi connectivity index (χ1) is 7.20. The molecule has 76 valence electrons. The number of halogens is 2. The highest BCUT2D eigenvalue weighted by Crippen LogP contribution is 2.32. The molecule has 1 heterocycles. The summed E-state index contributed by atoms with van der Waals surface area (Å²) in [6, 6.07) is 7.69. The molecule has 0 saturated carbocycles. The van der Waals surface area contributed by atoms with Crippen molar-refractivity contribution < 1.29 is 9.18 Å². The molecule has 0 spiro atoms. The fraction of sp³-hybridized carbons (Fsp3) is 0. The lowest BCUT2D eigenvalue weighted by molar-refractivity contribution is 0.112. The fourth-order valence-electron chi connectivity index (χ4n) is 1.31. The molecule has 0 aliphatic heterocycles. The molecule has 0 amide bonds. The highest BCUT2D eigenvalue weighted by Gasteiger charge is 2.07. The second-order valence-electron chi connectivity index (χ2n) is 2.95. The number of rotatable bonds is 2. The van der Waals surface area contributed by atoms with Crippen molar-refractivity contribution in [2.24, 2.45) is 0 Å². The number of hydrogen-bond donors (Lipinski definition) is 0. The monoisotopic (exact) mass is 240 g/mol. The van der Waals surface area contributed by atoms with Crippen LogP contribution in [0.15, 0.2) is 30.3 Å². The Labute approximate surface area is 95.1 Å². The average Bonchev–Trinajstić information content (AvgIpc) is 2.64. The molecule has 2 aromatic rings. The number of benzene rings is 1. The number of carbonyl (C=O) groups is 1. The number of carbonyl (C=O) groups excluding carboxylic acids is 1. The van der Waals surface area contributed by atoms with E-state index >= 15 is 0 Å². The van der Waals surface area contributed by atoms with Gasteiger partial charge in [0.25, 0.3) is 0 Å². The van der Waals surface area contributed by atoms with Crippen LogP contribution in [0.4, 0.5) is 4.39 Å². The predicted molar refractivity (Wildman–Crippen MR) is 60.1 cm³/mol. The standard InChI is InChI=1S/C11H6ClFOS/c12-11-4-3-10(15-11)9-2-1-8(13)5-7(9)6-14/h1-6H. The van der Waals surface area contributed by atoms with E-state index < -0.39 is 5.82 Å². The lowest BCUT2D eigenvalue weighted by Crippen LogP contribution is -1.87. The summed E-state index contributed by atoms with van der Waals surface area (Å²) in [6.45, 7) is 0. The Morgan fingerprint density at radius 3 is 2.67 bits per heavy atom. The molecule has 1 aromatic heterocycles. The van der Waals surface area contributed by atoms with E-state index in [1.807, 2.05) is 6.07 Å². The van der Waals surface area contributed by atoms with Gasteiger partial charge in [-0.3, -0.25) is 4.79 Å². The Morgan fingerprint density at radius 2 is 2.07 bits per heavy atom. The van der Waals surface area contributed by atoms with Crippen LogP contribution in [0.1, 0.15) is 10.4 Å². The molecule has 0 fully saturated rings. The van der Waals surface area contributed by atoms with E-state index in [0.717, 1.165) is 4.88 Å². The quantitative estimate of drug-likeness (QED) is 0.725. The van der Waals surface area contributed by atoms with E-state index in [0.29, 0.717) is 21.7 Å². The van der Waals surface area contributed by atoms with Gasteiger partial charge < -0.3 is 0 Å². The van der Waals surface area contributed by atoms with Gasteiger partial charge in [-0.05, 0) is 30.3 Å². The van der Waals surface area contributed by atoms with Crippen LogP contribution in [0.5, 0.6) is 0 Å². The summed E-state index contributed by atoms with van der Waals surface area (Å²) >= 11 is 7.15. The normalized spacial score (nSPS) is 10.3.